The van der Waals surface area contributed by atoms with Gasteiger partial charge in [0.25, 0.3) is 0 Å². The van der Waals surface area contributed by atoms with Gasteiger partial charge in [-0.2, -0.15) is 0 Å². The monoisotopic (exact) mass is 377 g/mol. The Kier molecular flexibility index (Phi) is 5.44. The van der Waals surface area contributed by atoms with Gasteiger partial charge in [-0.05, 0) is 39.2 Å². The molecule has 0 aromatic heterocycles. The fourth-order valence-corrected chi connectivity index (χ4v) is 3.94. The molecule has 5 atom stereocenters. The molecular weight excluding hydrogens is 350 g/mol. The van der Waals surface area contributed by atoms with E-state index in [0.29, 0.717) is 12.8 Å². The van der Waals surface area contributed by atoms with Gasteiger partial charge in [0.15, 0.2) is 0 Å². The maximum atomic E-state index is 12.8. The van der Waals surface area contributed by atoms with Crippen molar-refractivity contribution in [3.8, 4) is 0 Å². The SMILES string of the molecule is CC(C)(C)OC(=O)[C@@H]1[C@@H]2CC[C@@H]([C@@H](O)[C@H]2O)N1C(=O)OCc1ccccc1. The Hall–Kier alpha value is -2.12. The highest BCUT2D eigenvalue weighted by molar-refractivity contribution is 5.83. The zero-order valence-corrected chi connectivity index (χ0v) is 15.9. The van der Waals surface area contributed by atoms with E-state index < -0.39 is 47.9 Å². The Bertz CT molecular complexity index is 685. The zero-order chi connectivity index (χ0) is 19.8. The van der Waals surface area contributed by atoms with Gasteiger partial charge in [-0.15, -0.1) is 0 Å². The number of amides is 1. The second kappa shape index (κ2) is 7.48. The van der Waals surface area contributed by atoms with Gasteiger partial charge in [-0.3, -0.25) is 4.90 Å². The topological polar surface area (TPSA) is 96.3 Å². The van der Waals surface area contributed by atoms with E-state index >= 15 is 0 Å². The molecule has 27 heavy (non-hydrogen) atoms. The minimum Gasteiger partial charge on any atom is -0.458 e. The van der Waals surface area contributed by atoms with Crippen molar-refractivity contribution in [2.75, 3.05) is 0 Å². The Morgan fingerprint density at radius 1 is 1.11 bits per heavy atom. The van der Waals surface area contributed by atoms with Gasteiger partial charge in [0, 0.05) is 5.92 Å². The predicted octanol–water partition coefficient (Wildman–Crippen LogP) is 1.85. The van der Waals surface area contributed by atoms with Crippen LogP contribution in [0.25, 0.3) is 0 Å². The van der Waals surface area contributed by atoms with E-state index in [1.165, 1.54) is 4.90 Å². The summed E-state index contributed by atoms with van der Waals surface area (Å²) in [5, 5.41) is 20.7. The van der Waals surface area contributed by atoms with Crippen molar-refractivity contribution in [2.45, 2.75) is 70.1 Å². The highest BCUT2D eigenvalue weighted by Gasteiger charge is 2.57. The smallest absolute Gasteiger partial charge is 0.411 e. The number of hydrogen-bond donors (Lipinski definition) is 2. The molecule has 1 saturated carbocycles. The molecule has 2 N–H and O–H groups in total. The molecule has 1 aromatic carbocycles. The number of carbonyl (C=O) groups is 2. The largest absolute Gasteiger partial charge is 0.458 e. The predicted molar refractivity (Wildman–Crippen MR) is 96.6 cm³/mol. The first-order valence-electron chi connectivity index (χ1n) is 9.27. The van der Waals surface area contributed by atoms with E-state index in [4.69, 9.17) is 9.47 Å². The molecule has 2 aliphatic heterocycles. The van der Waals surface area contributed by atoms with Crippen LogP contribution in [0.15, 0.2) is 30.3 Å². The Morgan fingerprint density at radius 3 is 2.41 bits per heavy atom. The second-order valence-electron chi connectivity index (χ2n) is 8.22. The van der Waals surface area contributed by atoms with Crippen molar-refractivity contribution >= 4 is 12.1 Å². The molecule has 2 saturated heterocycles. The van der Waals surface area contributed by atoms with Gasteiger partial charge in [0.1, 0.15) is 24.4 Å². The van der Waals surface area contributed by atoms with Crippen LogP contribution in [0.3, 0.4) is 0 Å². The molecule has 2 heterocycles. The molecule has 4 rings (SSSR count). The maximum Gasteiger partial charge on any atom is 0.411 e. The van der Waals surface area contributed by atoms with Crippen molar-refractivity contribution in [1.82, 2.24) is 4.90 Å². The number of carbonyl (C=O) groups excluding carboxylic acids is 2. The Balaban J connectivity index is 1.80. The number of fused-ring (bicyclic) bond motifs is 3. The molecule has 0 spiro atoms. The Labute approximate surface area is 158 Å². The summed E-state index contributed by atoms with van der Waals surface area (Å²) in [7, 11) is 0. The van der Waals surface area contributed by atoms with E-state index in [-0.39, 0.29) is 6.61 Å². The maximum absolute atomic E-state index is 12.8. The summed E-state index contributed by atoms with van der Waals surface area (Å²) in [6.07, 6.45) is -1.82. The number of ether oxygens (including phenoxy) is 2. The molecule has 3 aliphatic rings. The number of piperidine rings is 2. The van der Waals surface area contributed by atoms with Crippen molar-refractivity contribution in [1.29, 1.82) is 0 Å². The average Bonchev–Trinajstić information content (AvgIpc) is 2.62. The third-order valence-electron chi connectivity index (χ3n) is 5.11. The molecule has 1 amide bonds. The third kappa shape index (κ3) is 4.09. The summed E-state index contributed by atoms with van der Waals surface area (Å²) in [6, 6.07) is 7.57. The van der Waals surface area contributed by atoms with Crippen molar-refractivity contribution in [3.63, 3.8) is 0 Å². The van der Waals surface area contributed by atoms with Crippen LogP contribution in [0.2, 0.25) is 0 Å². The molecule has 3 fully saturated rings. The average molecular weight is 377 g/mol. The molecule has 148 valence electrons. The molecule has 0 radical (unpaired) electrons. The zero-order valence-electron chi connectivity index (χ0n) is 15.9. The number of aliphatic hydroxyl groups is 2. The Morgan fingerprint density at radius 2 is 1.78 bits per heavy atom. The van der Waals surface area contributed by atoms with Gasteiger partial charge in [0.2, 0.25) is 0 Å². The molecule has 7 nitrogen and oxygen atoms in total. The van der Waals surface area contributed by atoms with Crippen LogP contribution in [0.5, 0.6) is 0 Å². The number of hydrogen-bond acceptors (Lipinski definition) is 6. The summed E-state index contributed by atoms with van der Waals surface area (Å²) < 4.78 is 10.9. The van der Waals surface area contributed by atoms with Crippen LogP contribution in [0.1, 0.15) is 39.2 Å². The summed E-state index contributed by atoms with van der Waals surface area (Å²) in [4.78, 5) is 26.8. The summed E-state index contributed by atoms with van der Waals surface area (Å²) in [6.45, 7) is 5.30. The normalized spacial score (nSPS) is 30.1. The quantitative estimate of drug-likeness (QED) is 0.781. The number of rotatable bonds is 3. The fraction of sp³-hybridized carbons (Fsp3) is 0.600. The number of esters is 1. The van der Waals surface area contributed by atoms with Crippen molar-refractivity contribution < 1.29 is 29.3 Å². The van der Waals surface area contributed by atoms with Crippen LogP contribution in [-0.4, -0.2) is 57.1 Å². The number of aliphatic hydroxyl groups excluding tert-OH is 2. The highest BCUT2D eigenvalue weighted by atomic mass is 16.6. The fourth-order valence-electron chi connectivity index (χ4n) is 3.94. The van der Waals surface area contributed by atoms with Gasteiger partial charge in [-0.25, -0.2) is 9.59 Å². The van der Waals surface area contributed by atoms with Gasteiger partial charge in [0.05, 0.1) is 12.1 Å². The summed E-state index contributed by atoms with van der Waals surface area (Å²) in [5.74, 6) is -1.16. The van der Waals surface area contributed by atoms with Gasteiger partial charge >= 0.3 is 12.1 Å². The van der Waals surface area contributed by atoms with Gasteiger partial charge in [-0.1, -0.05) is 30.3 Å². The number of benzene rings is 1. The standard InChI is InChI=1S/C20H27NO6/c1-20(2,3)27-18(24)15-13-9-10-14(17(23)16(13)22)21(15)19(25)26-11-12-7-5-4-6-8-12/h4-8,13-17,22-23H,9-11H2,1-3H3/t13-,14-,15-,16-,17+/m0/s1. The van der Waals surface area contributed by atoms with E-state index in [9.17, 15) is 19.8 Å². The third-order valence-corrected chi connectivity index (χ3v) is 5.11. The lowest BCUT2D eigenvalue weighted by molar-refractivity contribution is -0.191. The van der Waals surface area contributed by atoms with Crippen LogP contribution < -0.4 is 0 Å². The minimum atomic E-state index is -1.10. The molecule has 1 aliphatic carbocycles. The van der Waals surface area contributed by atoms with E-state index in [1.807, 2.05) is 30.3 Å². The van der Waals surface area contributed by atoms with Crippen LogP contribution in [-0.2, 0) is 20.9 Å². The molecule has 1 aromatic rings. The van der Waals surface area contributed by atoms with Crippen LogP contribution in [0, 0.1) is 5.92 Å². The molecule has 0 unspecified atom stereocenters. The second-order valence-corrected chi connectivity index (χ2v) is 8.22. The van der Waals surface area contributed by atoms with Crippen LogP contribution in [0.4, 0.5) is 4.79 Å². The van der Waals surface area contributed by atoms with Crippen LogP contribution >= 0.6 is 0 Å². The van der Waals surface area contributed by atoms with Crippen molar-refractivity contribution in [3.05, 3.63) is 35.9 Å². The lowest BCUT2D eigenvalue weighted by Gasteiger charge is -2.53. The first-order valence-corrected chi connectivity index (χ1v) is 9.27. The van der Waals surface area contributed by atoms with E-state index in [2.05, 4.69) is 0 Å². The molecule has 2 bridgehead atoms. The highest BCUT2D eigenvalue weighted by Crippen LogP contribution is 2.41. The first-order chi connectivity index (χ1) is 12.7. The summed E-state index contributed by atoms with van der Waals surface area (Å²) in [5.41, 5.74) is 0.0964. The lowest BCUT2D eigenvalue weighted by atomic mass is 9.71. The van der Waals surface area contributed by atoms with E-state index in [0.717, 1.165) is 5.56 Å². The number of nitrogens with zero attached hydrogens (tertiary/aromatic N) is 1. The first kappa shape index (κ1) is 19.6. The van der Waals surface area contributed by atoms with Gasteiger partial charge < -0.3 is 19.7 Å². The van der Waals surface area contributed by atoms with Crippen molar-refractivity contribution in [2.24, 2.45) is 5.92 Å². The molecule has 7 heteroatoms. The molecular formula is C20H27NO6. The van der Waals surface area contributed by atoms with E-state index in [1.54, 1.807) is 20.8 Å². The minimum absolute atomic E-state index is 0.0627. The lowest BCUT2D eigenvalue weighted by Crippen LogP contribution is -2.71. The summed E-state index contributed by atoms with van der Waals surface area (Å²) >= 11 is 0.